The molecule has 6 nitrogen and oxygen atoms in total. The zero-order valence-corrected chi connectivity index (χ0v) is 13.2. The number of nitrogens with zero attached hydrogens (tertiary/aromatic N) is 2. The van der Waals surface area contributed by atoms with E-state index in [1.165, 1.54) is 21.8 Å². The van der Waals surface area contributed by atoms with Crippen LogP contribution in [0.25, 0.3) is 4.96 Å². The topological polar surface area (TPSA) is 69.9 Å². The van der Waals surface area contributed by atoms with Crippen LogP contribution in [-0.2, 0) is 16.1 Å². The molecule has 0 aliphatic carbocycles. The Morgan fingerprint density at radius 2 is 2.22 bits per heavy atom. The van der Waals surface area contributed by atoms with Crippen LogP contribution in [0.5, 0.6) is 5.75 Å². The number of thiazole rings is 1. The number of aromatic nitrogens is 2. The van der Waals surface area contributed by atoms with Crippen molar-refractivity contribution in [3.8, 4) is 5.75 Å². The number of benzene rings is 1. The van der Waals surface area contributed by atoms with E-state index < -0.39 is 5.97 Å². The zero-order valence-electron chi connectivity index (χ0n) is 12.4. The minimum Gasteiger partial charge on any atom is -0.482 e. The van der Waals surface area contributed by atoms with Crippen molar-refractivity contribution in [1.29, 1.82) is 0 Å². The van der Waals surface area contributed by atoms with Crippen molar-refractivity contribution < 1.29 is 14.3 Å². The molecule has 0 N–H and O–H groups in total. The Bertz CT molecular complexity index is 900. The fourth-order valence-electron chi connectivity index (χ4n) is 2.01. The maximum Gasteiger partial charge on any atom is 0.344 e. The van der Waals surface area contributed by atoms with Crippen molar-refractivity contribution >= 4 is 22.3 Å². The van der Waals surface area contributed by atoms with Crippen molar-refractivity contribution in [3.05, 3.63) is 63.5 Å². The summed E-state index contributed by atoms with van der Waals surface area (Å²) in [6, 6.07) is 8.75. The molecule has 2 heterocycles. The molecule has 0 aliphatic heterocycles. The molecule has 0 saturated carbocycles. The van der Waals surface area contributed by atoms with E-state index in [0.717, 1.165) is 5.56 Å². The van der Waals surface area contributed by atoms with Crippen molar-refractivity contribution in [2.24, 2.45) is 0 Å². The first-order valence-electron chi connectivity index (χ1n) is 6.93. The molecule has 0 unspecified atom stereocenters. The number of hydrogen-bond donors (Lipinski definition) is 0. The fourth-order valence-corrected chi connectivity index (χ4v) is 2.74. The highest BCUT2D eigenvalue weighted by atomic mass is 32.1. The molecule has 0 aliphatic rings. The number of rotatable bonds is 5. The molecule has 0 radical (unpaired) electrons. The van der Waals surface area contributed by atoms with Gasteiger partial charge in [-0.1, -0.05) is 12.1 Å². The summed E-state index contributed by atoms with van der Waals surface area (Å²) in [5.74, 6) is 0.0954. The number of aryl methyl sites for hydroxylation is 1. The van der Waals surface area contributed by atoms with E-state index in [0.29, 0.717) is 16.4 Å². The summed E-state index contributed by atoms with van der Waals surface area (Å²) < 4.78 is 11.9. The van der Waals surface area contributed by atoms with Gasteiger partial charge in [-0.25, -0.2) is 9.78 Å². The Morgan fingerprint density at radius 3 is 3.04 bits per heavy atom. The maximum absolute atomic E-state index is 11.8. The Balaban J connectivity index is 1.56. The lowest BCUT2D eigenvalue weighted by atomic mass is 10.2. The number of hydrogen-bond acceptors (Lipinski definition) is 6. The van der Waals surface area contributed by atoms with Crippen molar-refractivity contribution in [3.63, 3.8) is 0 Å². The molecule has 118 valence electrons. The summed E-state index contributed by atoms with van der Waals surface area (Å²) in [7, 11) is 0. The number of carbonyl (C=O) groups is 1. The highest BCUT2D eigenvalue weighted by molar-refractivity contribution is 7.15. The van der Waals surface area contributed by atoms with Gasteiger partial charge < -0.3 is 9.47 Å². The van der Waals surface area contributed by atoms with Gasteiger partial charge in [0.15, 0.2) is 11.6 Å². The second kappa shape index (κ2) is 6.62. The standard InChI is InChI=1S/C16H14N2O4S/c1-11-3-2-4-13(7-11)21-10-15(20)22-9-12-8-14(19)18-5-6-23-16(18)17-12/h2-8H,9-10H2,1H3. The first-order chi connectivity index (χ1) is 11.1. The second-order valence-corrected chi connectivity index (χ2v) is 5.78. The lowest BCUT2D eigenvalue weighted by Gasteiger charge is -2.07. The minimum atomic E-state index is -0.514. The van der Waals surface area contributed by atoms with Crippen LogP contribution in [0, 0.1) is 6.92 Å². The van der Waals surface area contributed by atoms with Crippen LogP contribution in [0.4, 0.5) is 0 Å². The Labute approximate surface area is 135 Å². The van der Waals surface area contributed by atoms with Gasteiger partial charge in [0.05, 0.1) is 5.69 Å². The molecule has 0 spiro atoms. The molecule has 3 rings (SSSR count). The third kappa shape index (κ3) is 3.75. The van der Waals surface area contributed by atoms with Gasteiger partial charge in [-0.2, -0.15) is 0 Å². The number of fused-ring (bicyclic) bond motifs is 1. The van der Waals surface area contributed by atoms with Crippen LogP contribution >= 0.6 is 11.3 Å². The summed E-state index contributed by atoms with van der Waals surface area (Å²) in [5.41, 5.74) is 1.27. The number of ether oxygens (including phenoxy) is 2. The van der Waals surface area contributed by atoms with Crippen LogP contribution in [0.15, 0.2) is 46.7 Å². The SMILES string of the molecule is Cc1cccc(OCC(=O)OCc2cc(=O)n3ccsc3n2)c1. The Hall–Kier alpha value is -2.67. The van der Waals surface area contributed by atoms with Crippen LogP contribution in [0.1, 0.15) is 11.3 Å². The first kappa shape index (κ1) is 15.2. The van der Waals surface area contributed by atoms with Crippen molar-refractivity contribution in [2.75, 3.05) is 6.61 Å². The highest BCUT2D eigenvalue weighted by Gasteiger charge is 2.08. The minimum absolute atomic E-state index is 0.0559. The average molecular weight is 330 g/mol. The van der Waals surface area contributed by atoms with E-state index in [4.69, 9.17) is 9.47 Å². The smallest absolute Gasteiger partial charge is 0.344 e. The van der Waals surface area contributed by atoms with Gasteiger partial charge in [0.25, 0.3) is 5.56 Å². The van der Waals surface area contributed by atoms with Gasteiger partial charge in [0, 0.05) is 17.6 Å². The molecule has 0 saturated heterocycles. The second-order valence-electron chi connectivity index (χ2n) is 4.91. The van der Waals surface area contributed by atoms with Gasteiger partial charge in [-0.15, -0.1) is 11.3 Å². The number of esters is 1. The van der Waals surface area contributed by atoms with Crippen LogP contribution < -0.4 is 10.3 Å². The molecule has 7 heteroatoms. The van der Waals surface area contributed by atoms with Crippen LogP contribution in [0.3, 0.4) is 0 Å². The van der Waals surface area contributed by atoms with Crippen molar-refractivity contribution in [2.45, 2.75) is 13.5 Å². The Kier molecular flexibility index (Phi) is 4.38. The Morgan fingerprint density at radius 1 is 1.35 bits per heavy atom. The normalized spacial score (nSPS) is 10.7. The molecule has 23 heavy (non-hydrogen) atoms. The summed E-state index contributed by atoms with van der Waals surface area (Å²) >= 11 is 1.35. The van der Waals surface area contributed by atoms with E-state index in [9.17, 15) is 9.59 Å². The van der Waals surface area contributed by atoms with Gasteiger partial charge in [0.1, 0.15) is 12.4 Å². The monoisotopic (exact) mass is 330 g/mol. The lowest BCUT2D eigenvalue weighted by molar-refractivity contribution is -0.147. The molecule has 0 fully saturated rings. The summed E-state index contributed by atoms with van der Waals surface area (Å²) in [6.07, 6.45) is 1.65. The molecule has 0 amide bonds. The quantitative estimate of drug-likeness (QED) is 0.671. The predicted octanol–water partition coefficient (Wildman–Crippen LogP) is 2.19. The lowest BCUT2D eigenvalue weighted by Crippen LogP contribution is -2.17. The third-order valence-electron chi connectivity index (χ3n) is 3.08. The molecule has 3 aromatic rings. The van der Waals surface area contributed by atoms with E-state index in [1.54, 1.807) is 17.6 Å². The van der Waals surface area contributed by atoms with E-state index in [-0.39, 0.29) is 18.8 Å². The van der Waals surface area contributed by atoms with E-state index in [1.807, 2.05) is 25.1 Å². The van der Waals surface area contributed by atoms with Gasteiger partial charge in [-0.3, -0.25) is 9.20 Å². The summed E-state index contributed by atoms with van der Waals surface area (Å²) in [6.45, 7) is 1.69. The first-order valence-corrected chi connectivity index (χ1v) is 7.81. The highest BCUT2D eigenvalue weighted by Crippen LogP contribution is 2.12. The van der Waals surface area contributed by atoms with Crippen molar-refractivity contribution in [1.82, 2.24) is 9.38 Å². The molecular formula is C16H14N2O4S. The van der Waals surface area contributed by atoms with Crippen LogP contribution in [-0.4, -0.2) is 22.0 Å². The maximum atomic E-state index is 11.8. The van der Waals surface area contributed by atoms with E-state index in [2.05, 4.69) is 4.98 Å². The molecule has 1 aromatic carbocycles. The average Bonchev–Trinajstić information content (AvgIpc) is 3.00. The van der Waals surface area contributed by atoms with Gasteiger partial charge >= 0.3 is 5.97 Å². The fraction of sp³-hybridized carbons (Fsp3) is 0.188. The predicted molar refractivity (Wildman–Crippen MR) is 85.8 cm³/mol. The molecule has 2 aromatic heterocycles. The van der Waals surface area contributed by atoms with Gasteiger partial charge in [0.2, 0.25) is 0 Å². The summed E-state index contributed by atoms with van der Waals surface area (Å²) in [4.78, 5) is 28.4. The molecular weight excluding hydrogens is 316 g/mol. The van der Waals surface area contributed by atoms with Crippen LogP contribution in [0.2, 0.25) is 0 Å². The van der Waals surface area contributed by atoms with E-state index >= 15 is 0 Å². The molecule has 0 bridgehead atoms. The largest absolute Gasteiger partial charge is 0.482 e. The van der Waals surface area contributed by atoms with Gasteiger partial charge in [-0.05, 0) is 24.6 Å². The molecule has 0 atom stereocenters. The zero-order chi connectivity index (χ0) is 16.2. The number of carbonyl (C=O) groups excluding carboxylic acids is 1. The third-order valence-corrected chi connectivity index (χ3v) is 3.84. The summed E-state index contributed by atoms with van der Waals surface area (Å²) in [5, 5.41) is 1.77.